The van der Waals surface area contributed by atoms with Gasteiger partial charge in [0, 0.05) is 5.02 Å². The zero-order chi connectivity index (χ0) is 22.8. The highest BCUT2D eigenvalue weighted by Gasteiger charge is 2.35. The van der Waals surface area contributed by atoms with Crippen molar-refractivity contribution in [2.45, 2.75) is 19.5 Å². The van der Waals surface area contributed by atoms with E-state index in [0.717, 1.165) is 0 Å². The molecule has 0 aliphatic carbocycles. The molecule has 1 atom stereocenters. The van der Waals surface area contributed by atoms with E-state index in [1.54, 1.807) is 38.2 Å². The molecule has 1 aromatic heterocycles. The smallest absolute Gasteiger partial charge is 0.309 e. The number of benzene rings is 2. The van der Waals surface area contributed by atoms with Crippen LogP contribution in [0.5, 0.6) is 0 Å². The number of likely N-dealkylation sites (N-methyl/N-ethyl adjacent to an activating group) is 1. The van der Waals surface area contributed by atoms with Gasteiger partial charge in [0.2, 0.25) is 5.91 Å². The van der Waals surface area contributed by atoms with Crippen molar-refractivity contribution >= 4 is 46.4 Å². The van der Waals surface area contributed by atoms with Crippen LogP contribution in [0.3, 0.4) is 0 Å². The second-order valence-electron chi connectivity index (χ2n) is 7.30. The lowest BCUT2D eigenvalue weighted by atomic mass is 10.1. The van der Waals surface area contributed by atoms with Crippen molar-refractivity contribution < 1.29 is 14.0 Å². The molecule has 1 aliphatic rings. The zero-order valence-corrected chi connectivity index (χ0v) is 18.2. The number of halogens is 2. The lowest BCUT2D eigenvalue weighted by Crippen LogP contribution is -2.45. The third-order valence-electron chi connectivity index (χ3n) is 5.21. The van der Waals surface area contributed by atoms with Crippen molar-refractivity contribution in [1.82, 2.24) is 10.3 Å². The van der Waals surface area contributed by atoms with Gasteiger partial charge in [-0.1, -0.05) is 29.8 Å². The van der Waals surface area contributed by atoms with E-state index < -0.39 is 17.9 Å². The standard InChI is InChI=1S/C23H21ClFN5O2/c1-14(26-2)22(31)28-21-11-10-19-18(27-21)13-29(20-12-15(24)8-9-17(20)25)23(32)30(19)16-6-4-3-5-7-16/h3-12,14,26H,13H2,1-2H3,(H,27,28,31)/t14-/m0/s1. The van der Waals surface area contributed by atoms with Crippen molar-refractivity contribution in [3.05, 3.63) is 77.2 Å². The van der Waals surface area contributed by atoms with Crippen LogP contribution in [0.4, 0.5) is 32.1 Å². The fourth-order valence-corrected chi connectivity index (χ4v) is 3.56. The van der Waals surface area contributed by atoms with Crippen LogP contribution in [0.2, 0.25) is 5.02 Å². The van der Waals surface area contributed by atoms with Gasteiger partial charge in [0.1, 0.15) is 11.6 Å². The van der Waals surface area contributed by atoms with Crippen LogP contribution >= 0.6 is 11.6 Å². The number of rotatable bonds is 5. The van der Waals surface area contributed by atoms with Gasteiger partial charge < -0.3 is 10.6 Å². The molecule has 32 heavy (non-hydrogen) atoms. The first-order valence-corrected chi connectivity index (χ1v) is 10.4. The highest BCUT2D eigenvalue weighted by atomic mass is 35.5. The summed E-state index contributed by atoms with van der Waals surface area (Å²) in [5.41, 5.74) is 1.71. The Morgan fingerprint density at radius 2 is 1.88 bits per heavy atom. The Kier molecular flexibility index (Phi) is 6.07. The third-order valence-corrected chi connectivity index (χ3v) is 5.45. The minimum absolute atomic E-state index is 0.0139. The number of nitrogens with zero attached hydrogens (tertiary/aromatic N) is 3. The molecule has 2 N–H and O–H groups in total. The van der Waals surface area contributed by atoms with Gasteiger partial charge >= 0.3 is 6.03 Å². The van der Waals surface area contributed by atoms with Gasteiger partial charge in [-0.25, -0.2) is 14.2 Å². The molecular weight excluding hydrogens is 433 g/mol. The van der Waals surface area contributed by atoms with Crippen molar-refractivity contribution in [3.8, 4) is 0 Å². The van der Waals surface area contributed by atoms with E-state index in [4.69, 9.17) is 11.6 Å². The Labute approximate surface area is 189 Å². The summed E-state index contributed by atoms with van der Waals surface area (Å²) in [7, 11) is 1.69. The molecule has 0 bridgehead atoms. The number of fused-ring (bicyclic) bond motifs is 1. The van der Waals surface area contributed by atoms with E-state index in [1.165, 1.54) is 28.0 Å². The van der Waals surface area contributed by atoms with Gasteiger partial charge in [-0.05, 0) is 56.4 Å². The average molecular weight is 454 g/mol. The molecule has 0 spiro atoms. The average Bonchev–Trinajstić information content (AvgIpc) is 2.80. The maximum Gasteiger partial charge on any atom is 0.334 e. The van der Waals surface area contributed by atoms with Crippen LogP contribution in [0.15, 0.2) is 60.7 Å². The number of aromatic nitrogens is 1. The van der Waals surface area contributed by atoms with E-state index in [2.05, 4.69) is 15.6 Å². The minimum Gasteiger partial charge on any atom is -0.309 e. The number of para-hydroxylation sites is 1. The number of urea groups is 1. The van der Waals surface area contributed by atoms with Gasteiger partial charge in [0.05, 0.1) is 35.3 Å². The van der Waals surface area contributed by atoms with Crippen molar-refractivity contribution in [2.24, 2.45) is 0 Å². The fourth-order valence-electron chi connectivity index (χ4n) is 3.40. The normalized spacial score (nSPS) is 14.2. The molecule has 2 aromatic carbocycles. The Morgan fingerprint density at radius 1 is 1.12 bits per heavy atom. The summed E-state index contributed by atoms with van der Waals surface area (Å²) in [5, 5.41) is 5.93. The molecule has 0 radical (unpaired) electrons. The molecule has 7 nitrogen and oxygen atoms in total. The monoisotopic (exact) mass is 453 g/mol. The molecule has 1 aliphatic heterocycles. The number of carbonyl (C=O) groups is 2. The quantitative estimate of drug-likeness (QED) is 0.587. The summed E-state index contributed by atoms with van der Waals surface area (Å²) in [6, 6.07) is 15.6. The first kappa shape index (κ1) is 21.7. The first-order chi connectivity index (χ1) is 15.4. The number of hydrogen-bond acceptors (Lipinski definition) is 4. The van der Waals surface area contributed by atoms with Crippen LogP contribution in [0, 0.1) is 5.82 Å². The molecule has 0 saturated heterocycles. The number of nitrogens with one attached hydrogen (secondary N) is 2. The van der Waals surface area contributed by atoms with Gasteiger partial charge in [-0.15, -0.1) is 0 Å². The summed E-state index contributed by atoms with van der Waals surface area (Å²) >= 11 is 6.08. The van der Waals surface area contributed by atoms with Gasteiger partial charge in [-0.2, -0.15) is 0 Å². The predicted molar refractivity (Wildman–Crippen MR) is 123 cm³/mol. The van der Waals surface area contributed by atoms with Crippen molar-refractivity contribution in [2.75, 3.05) is 22.2 Å². The highest BCUT2D eigenvalue weighted by molar-refractivity contribution is 6.31. The highest BCUT2D eigenvalue weighted by Crippen LogP contribution is 2.38. The molecule has 0 unspecified atom stereocenters. The second-order valence-corrected chi connectivity index (χ2v) is 7.73. The number of pyridine rings is 1. The topological polar surface area (TPSA) is 77.6 Å². The summed E-state index contributed by atoms with van der Waals surface area (Å²) < 4.78 is 14.7. The summed E-state index contributed by atoms with van der Waals surface area (Å²) in [6.45, 7) is 1.74. The van der Waals surface area contributed by atoms with Crippen LogP contribution in [0.25, 0.3) is 0 Å². The van der Waals surface area contributed by atoms with Crippen LogP contribution in [-0.2, 0) is 11.3 Å². The molecule has 2 heterocycles. The number of amides is 3. The molecule has 0 saturated carbocycles. The van der Waals surface area contributed by atoms with E-state index in [0.29, 0.717) is 27.9 Å². The summed E-state index contributed by atoms with van der Waals surface area (Å²) in [6.07, 6.45) is 0. The SMILES string of the molecule is CN[C@@H](C)C(=O)Nc1ccc2c(n1)CN(c1cc(Cl)ccc1F)C(=O)N2c1ccccc1. The number of hydrogen-bond donors (Lipinski definition) is 2. The maximum absolute atomic E-state index is 14.7. The molecule has 0 fully saturated rings. The zero-order valence-electron chi connectivity index (χ0n) is 17.5. The van der Waals surface area contributed by atoms with E-state index in [-0.39, 0.29) is 18.1 Å². The van der Waals surface area contributed by atoms with E-state index >= 15 is 0 Å². The second kappa shape index (κ2) is 8.94. The molecule has 4 rings (SSSR count). The van der Waals surface area contributed by atoms with Crippen LogP contribution < -0.4 is 20.4 Å². The summed E-state index contributed by atoms with van der Waals surface area (Å²) in [5.74, 6) is -0.485. The minimum atomic E-state index is -0.577. The lowest BCUT2D eigenvalue weighted by molar-refractivity contribution is -0.117. The van der Waals surface area contributed by atoms with E-state index in [1.807, 2.05) is 18.2 Å². The molecular formula is C23H21ClFN5O2. The first-order valence-electron chi connectivity index (χ1n) is 9.99. The molecule has 164 valence electrons. The Balaban J connectivity index is 1.80. The third kappa shape index (κ3) is 4.15. The lowest BCUT2D eigenvalue weighted by Gasteiger charge is -2.36. The van der Waals surface area contributed by atoms with Gasteiger partial charge in [0.25, 0.3) is 0 Å². The molecule has 9 heteroatoms. The Hall–Kier alpha value is -3.49. The van der Waals surface area contributed by atoms with Gasteiger partial charge in [-0.3, -0.25) is 14.6 Å². The molecule has 3 aromatic rings. The van der Waals surface area contributed by atoms with E-state index in [9.17, 15) is 14.0 Å². The van der Waals surface area contributed by atoms with Crippen LogP contribution in [0.1, 0.15) is 12.6 Å². The predicted octanol–water partition coefficient (Wildman–Crippen LogP) is 4.70. The van der Waals surface area contributed by atoms with Crippen molar-refractivity contribution in [1.29, 1.82) is 0 Å². The number of anilines is 4. The van der Waals surface area contributed by atoms with Gasteiger partial charge in [0.15, 0.2) is 0 Å². The Morgan fingerprint density at radius 3 is 2.59 bits per heavy atom. The number of carbonyl (C=O) groups excluding carboxylic acids is 2. The summed E-state index contributed by atoms with van der Waals surface area (Å²) in [4.78, 5) is 33.1. The fraction of sp³-hybridized carbons (Fsp3) is 0.174. The van der Waals surface area contributed by atoms with Crippen molar-refractivity contribution in [3.63, 3.8) is 0 Å². The molecule has 3 amide bonds. The van der Waals surface area contributed by atoms with Crippen LogP contribution in [-0.4, -0.2) is 30.0 Å². The maximum atomic E-state index is 14.7. The Bertz CT molecular complexity index is 1170. The largest absolute Gasteiger partial charge is 0.334 e.